The summed E-state index contributed by atoms with van der Waals surface area (Å²) in [4.78, 5) is 1.61. The van der Waals surface area contributed by atoms with Gasteiger partial charge in [-0.2, -0.15) is 4.91 Å². The van der Waals surface area contributed by atoms with E-state index in [0.717, 1.165) is 21.8 Å². The second kappa shape index (κ2) is 12.8. The molecule has 2 aromatic carbocycles. The van der Waals surface area contributed by atoms with Crippen LogP contribution in [0.2, 0.25) is 0 Å². The quantitative estimate of drug-likeness (QED) is 0.378. The monoisotopic (exact) mass is 488 g/mol. The molecule has 0 aromatic heterocycles. The van der Waals surface area contributed by atoms with Crippen molar-refractivity contribution in [3.05, 3.63) is 84.5 Å². The maximum Gasteiger partial charge on any atom is 0 e. The van der Waals surface area contributed by atoms with Crippen LogP contribution in [0.4, 0.5) is 0 Å². The number of hydrogen-bond donors (Lipinski definition) is 0. The molecule has 5 heteroatoms. The van der Waals surface area contributed by atoms with E-state index in [9.17, 15) is 0 Å². The zero-order valence-electron chi connectivity index (χ0n) is 17.1. The molecule has 0 bridgehead atoms. The molecule has 0 saturated heterocycles. The summed E-state index contributed by atoms with van der Waals surface area (Å²) in [6.07, 6.45) is 0.802. The van der Waals surface area contributed by atoms with Crippen LogP contribution in [0.3, 0.4) is 0 Å². The number of rotatable bonds is 3. The van der Waals surface area contributed by atoms with Crippen LogP contribution in [-0.2, 0) is 73.4 Å². The molecule has 0 radical (unpaired) electrons. The van der Waals surface area contributed by atoms with Crippen LogP contribution in [0.1, 0.15) is 44.5 Å². The standard InChI is InChI=1S/C12H16S2.C11H14S2.Ni/c1-8-4-9(2)12(10(3)5-8)6-11(14)7-13;1-7-4-8(2)11(9(3)5-7)10(13)6-12;/h4-5,7,13-14H,6H2,1-3H3;4-6,12-13H,1-3H3;/p-4/b11-7-;10-6-;. The minimum absolute atomic E-state index is 0. The predicted molar refractivity (Wildman–Crippen MR) is 131 cm³/mol. The fourth-order valence-corrected chi connectivity index (χ4v) is 4.00. The molecule has 0 spiro atoms. The summed E-state index contributed by atoms with van der Waals surface area (Å²) in [6.45, 7) is 12.6. The average Bonchev–Trinajstić information content (AvgIpc) is 2.57. The van der Waals surface area contributed by atoms with E-state index >= 15 is 0 Å². The second-order valence-electron chi connectivity index (χ2n) is 6.89. The molecule has 0 amide bonds. The third kappa shape index (κ3) is 7.96. The van der Waals surface area contributed by atoms with Crippen molar-refractivity contribution < 1.29 is 16.5 Å². The van der Waals surface area contributed by atoms with Gasteiger partial charge in [-0.15, -0.1) is 0 Å². The topological polar surface area (TPSA) is 0 Å². The van der Waals surface area contributed by atoms with Gasteiger partial charge >= 0.3 is 0 Å². The van der Waals surface area contributed by atoms with E-state index in [1.165, 1.54) is 38.9 Å². The average molecular weight is 489 g/mol. The molecule has 0 nitrogen and oxygen atoms in total. The van der Waals surface area contributed by atoms with Gasteiger partial charge in [0.15, 0.2) is 0 Å². The van der Waals surface area contributed by atoms with E-state index in [4.69, 9.17) is 50.5 Å². The molecule has 0 aliphatic carbocycles. The van der Waals surface area contributed by atoms with Gasteiger partial charge in [-0.25, -0.2) is 15.7 Å². The molecule has 0 N–H and O–H groups in total. The second-order valence-corrected chi connectivity index (χ2v) is 8.33. The van der Waals surface area contributed by atoms with Crippen molar-refractivity contribution in [1.82, 2.24) is 0 Å². The third-order valence-corrected chi connectivity index (χ3v) is 5.76. The van der Waals surface area contributed by atoms with Gasteiger partial charge in [-0.1, -0.05) is 35.4 Å². The van der Waals surface area contributed by atoms with Gasteiger partial charge in [0.2, 0.25) is 0 Å². The third-order valence-electron chi connectivity index (χ3n) is 4.35. The van der Waals surface area contributed by atoms with Crippen LogP contribution < -0.4 is 0 Å². The van der Waals surface area contributed by atoms with Gasteiger partial charge in [-0.05, 0) is 81.3 Å². The van der Waals surface area contributed by atoms with Crippen LogP contribution in [0.5, 0.6) is 0 Å². The van der Waals surface area contributed by atoms with E-state index < -0.39 is 0 Å². The Balaban J connectivity index is 0.000000504. The Morgan fingerprint density at radius 1 is 0.714 bits per heavy atom. The summed E-state index contributed by atoms with van der Waals surface area (Å²) in [5.41, 5.74) is 10.1. The SMILES string of the molecule is Cc1cc(C)c(/C([S-])=C/[S-])c(C)c1.Cc1cc(C)c(C/C([S-])=C/[S-])c(C)c1.[Ni]. The number of benzene rings is 2. The molecule has 0 atom stereocenters. The molecule has 156 valence electrons. The number of hydrogen-bond acceptors (Lipinski definition) is 4. The summed E-state index contributed by atoms with van der Waals surface area (Å²) in [5.74, 6) is 0. The zero-order valence-corrected chi connectivity index (χ0v) is 21.4. The molecular formula is C23H26NiS4-4. The molecular weight excluding hydrogens is 463 g/mol. The first-order chi connectivity index (χ1) is 12.6. The first kappa shape index (κ1) is 27.3. The molecule has 0 fully saturated rings. The number of allylic oxidation sites excluding steroid dienone is 1. The maximum absolute atomic E-state index is 5.18. The van der Waals surface area contributed by atoms with E-state index in [-0.39, 0.29) is 16.5 Å². The first-order valence-electron chi connectivity index (χ1n) is 8.72. The van der Waals surface area contributed by atoms with Crippen LogP contribution in [0.15, 0.2) is 40.0 Å². The Morgan fingerprint density at radius 3 is 1.46 bits per heavy atom. The van der Waals surface area contributed by atoms with Crippen molar-refractivity contribution >= 4 is 55.4 Å². The van der Waals surface area contributed by atoms with Crippen molar-refractivity contribution in [2.24, 2.45) is 0 Å². The normalized spacial score (nSPS) is 11.4. The van der Waals surface area contributed by atoms with E-state index in [2.05, 4.69) is 65.8 Å². The summed E-state index contributed by atoms with van der Waals surface area (Å²) in [5, 5.41) is 3.16. The molecule has 0 heterocycles. The van der Waals surface area contributed by atoms with E-state index in [1.807, 2.05) is 0 Å². The van der Waals surface area contributed by atoms with Crippen molar-refractivity contribution in [1.29, 1.82) is 0 Å². The Bertz CT molecular complexity index is 821. The predicted octanol–water partition coefficient (Wildman–Crippen LogP) is 6.09. The number of aryl methyl sites for hydroxylation is 6. The molecule has 0 unspecified atom stereocenters. The Kier molecular flexibility index (Phi) is 12.4. The Hall–Kier alpha value is -0.706. The molecule has 0 aliphatic rings. The van der Waals surface area contributed by atoms with Gasteiger partial charge in [0, 0.05) is 16.5 Å². The smallest absolute Gasteiger partial charge is 0 e. The van der Waals surface area contributed by atoms with E-state index in [1.54, 1.807) is 10.8 Å². The van der Waals surface area contributed by atoms with Gasteiger partial charge in [0.1, 0.15) is 0 Å². The van der Waals surface area contributed by atoms with Crippen LogP contribution >= 0.6 is 0 Å². The van der Waals surface area contributed by atoms with Crippen molar-refractivity contribution in [2.75, 3.05) is 0 Å². The minimum atomic E-state index is 0. The molecule has 28 heavy (non-hydrogen) atoms. The van der Waals surface area contributed by atoms with Crippen molar-refractivity contribution in [3.63, 3.8) is 0 Å². The molecule has 2 rings (SSSR count). The van der Waals surface area contributed by atoms with Gasteiger partial charge < -0.3 is 50.5 Å². The molecule has 0 saturated carbocycles. The first-order valence-corrected chi connectivity index (χ1v) is 10.5. The van der Waals surface area contributed by atoms with Crippen LogP contribution in [-0.4, -0.2) is 0 Å². The van der Waals surface area contributed by atoms with Gasteiger partial charge in [0.25, 0.3) is 0 Å². The summed E-state index contributed by atoms with van der Waals surface area (Å²) in [6, 6.07) is 8.64. The van der Waals surface area contributed by atoms with Crippen LogP contribution in [0, 0.1) is 41.5 Å². The van der Waals surface area contributed by atoms with E-state index in [0.29, 0.717) is 0 Å². The summed E-state index contributed by atoms with van der Waals surface area (Å²) in [7, 11) is 0. The Morgan fingerprint density at radius 2 is 1.11 bits per heavy atom. The minimum Gasteiger partial charge on any atom is -0.789 e. The fourth-order valence-electron chi connectivity index (χ4n) is 3.33. The van der Waals surface area contributed by atoms with Crippen molar-refractivity contribution in [2.45, 2.75) is 48.0 Å². The van der Waals surface area contributed by atoms with Crippen LogP contribution in [0.25, 0.3) is 4.91 Å². The molecule has 2 aromatic rings. The fraction of sp³-hybridized carbons (Fsp3) is 0.304. The summed E-state index contributed by atoms with van der Waals surface area (Å²) >= 11 is 20.0. The summed E-state index contributed by atoms with van der Waals surface area (Å²) < 4.78 is 0. The zero-order chi connectivity index (χ0) is 20.7. The molecule has 0 aliphatic heterocycles. The maximum atomic E-state index is 5.18. The largest absolute Gasteiger partial charge is 0.789 e. The van der Waals surface area contributed by atoms with Gasteiger partial charge in [0.05, 0.1) is 0 Å². The van der Waals surface area contributed by atoms with Crippen molar-refractivity contribution in [3.8, 4) is 0 Å². The Labute approximate surface area is 203 Å². The van der Waals surface area contributed by atoms with Gasteiger partial charge in [-0.3, -0.25) is 0 Å².